The number of carbonyl (C=O) groups is 1. The minimum absolute atomic E-state index is 0.180. The lowest BCUT2D eigenvalue weighted by Gasteiger charge is -2.30. The molecule has 1 heterocycles. The first-order chi connectivity index (χ1) is 8.51. The van der Waals surface area contributed by atoms with E-state index in [9.17, 15) is 13.2 Å². The topological polar surface area (TPSA) is 63.7 Å². The fraction of sp³-hybridized carbons (Fsp3) is 0.917. The van der Waals surface area contributed by atoms with Crippen LogP contribution in [0.1, 0.15) is 39.5 Å². The first-order valence-electron chi connectivity index (χ1n) is 6.65. The van der Waals surface area contributed by atoms with Crippen molar-refractivity contribution in [2.24, 2.45) is 5.92 Å². The van der Waals surface area contributed by atoms with Crippen molar-refractivity contribution in [2.75, 3.05) is 25.4 Å². The molecule has 0 amide bonds. The molecule has 0 aromatic rings. The van der Waals surface area contributed by atoms with Crippen molar-refractivity contribution < 1.29 is 17.9 Å². The van der Waals surface area contributed by atoms with Crippen molar-refractivity contribution in [2.45, 2.75) is 39.5 Å². The molecule has 18 heavy (non-hydrogen) atoms. The van der Waals surface area contributed by atoms with Gasteiger partial charge in [-0.2, -0.15) is 0 Å². The smallest absolute Gasteiger partial charge is 0.310 e. The summed E-state index contributed by atoms with van der Waals surface area (Å²) in [4.78, 5) is 11.6. The molecule has 1 rings (SSSR count). The average Bonchev–Trinajstić information content (AvgIpc) is 2.37. The number of hydrogen-bond acceptors (Lipinski definition) is 4. The van der Waals surface area contributed by atoms with Gasteiger partial charge in [0.1, 0.15) is 0 Å². The molecule has 6 heteroatoms. The average molecular weight is 277 g/mol. The molecule has 0 N–H and O–H groups in total. The second-order valence-electron chi connectivity index (χ2n) is 4.62. The number of piperidine rings is 1. The first-order valence-corrected chi connectivity index (χ1v) is 8.26. The minimum Gasteiger partial charge on any atom is -0.466 e. The predicted octanol–water partition coefficient (Wildman–Crippen LogP) is 1.39. The molecule has 0 unspecified atom stereocenters. The Morgan fingerprint density at radius 1 is 1.39 bits per heavy atom. The van der Waals surface area contributed by atoms with E-state index in [1.807, 2.05) is 6.92 Å². The van der Waals surface area contributed by atoms with E-state index in [4.69, 9.17) is 4.74 Å². The van der Waals surface area contributed by atoms with Crippen molar-refractivity contribution in [1.29, 1.82) is 0 Å². The number of ether oxygens (including phenoxy) is 1. The Balaban J connectivity index is 2.60. The van der Waals surface area contributed by atoms with E-state index in [2.05, 4.69) is 0 Å². The Kier molecular flexibility index (Phi) is 6.08. The summed E-state index contributed by atoms with van der Waals surface area (Å²) in [5.74, 6) is -0.387. The molecular weight excluding hydrogens is 254 g/mol. The van der Waals surface area contributed by atoms with Gasteiger partial charge in [0.05, 0.1) is 18.3 Å². The molecule has 0 spiro atoms. The summed E-state index contributed by atoms with van der Waals surface area (Å²) in [6.07, 6.45) is 2.98. The van der Waals surface area contributed by atoms with Crippen LogP contribution >= 0.6 is 0 Å². The number of unbranched alkanes of at least 4 members (excludes halogenated alkanes) is 1. The zero-order valence-corrected chi connectivity index (χ0v) is 12.0. The molecule has 1 aliphatic heterocycles. The van der Waals surface area contributed by atoms with Crippen LogP contribution in [0.4, 0.5) is 0 Å². The Morgan fingerprint density at radius 3 is 2.72 bits per heavy atom. The summed E-state index contributed by atoms with van der Waals surface area (Å²) >= 11 is 0. The lowest BCUT2D eigenvalue weighted by molar-refractivity contribution is -0.149. The van der Waals surface area contributed by atoms with Gasteiger partial charge < -0.3 is 4.74 Å². The number of sulfonamides is 1. The van der Waals surface area contributed by atoms with E-state index in [0.29, 0.717) is 19.6 Å². The van der Waals surface area contributed by atoms with E-state index >= 15 is 0 Å². The zero-order valence-electron chi connectivity index (χ0n) is 11.2. The molecule has 106 valence electrons. The van der Waals surface area contributed by atoms with Gasteiger partial charge in [-0.1, -0.05) is 13.3 Å². The maximum atomic E-state index is 12.0. The summed E-state index contributed by atoms with van der Waals surface area (Å²) < 4.78 is 30.5. The largest absolute Gasteiger partial charge is 0.466 e. The second kappa shape index (κ2) is 7.09. The maximum Gasteiger partial charge on any atom is 0.310 e. The second-order valence-corrected chi connectivity index (χ2v) is 6.71. The summed E-state index contributed by atoms with van der Waals surface area (Å²) in [6, 6.07) is 0. The van der Waals surface area contributed by atoms with Gasteiger partial charge in [-0.15, -0.1) is 0 Å². The highest BCUT2D eigenvalue weighted by Gasteiger charge is 2.32. The summed E-state index contributed by atoms with van der Waals surface area (Å²) in [7, 11) is -3.20. The van der Waals surface area contributed by atoms with Crippen molar-refractivity contribution in [3.8, 4) is 0 Å². The lowest BCUT2D eigenvalue weighted by atomic mass is 10.0. The van der Waals surface area contributed by atoms with Crippen LogP contribution in [0.25, 0.3) is 0 Å². The molecule has 1 saturated heterocycles. The molecule has 1 atom stereocenters. The number of rotatable bonds is 6. The molecule has 0 aliphatic carbocycles. The van der Waals surface area contributed by atoms with Crippen LogP contribution in [0, 0.1) is 5.92 Å². The number of nitrogens with zero attached hydrogens (tertiary/aromatic N) is 1. The summed E-state index contributed by atoms with van der Waals surface area (Å²) in [5, 5.41) is 0. The van der Waals surface area contributed by atoms with Gasteiger partial charge in [0, 0.05) is 13.1 Å². The summed E-state index contributed by atoms with van der Waals surface area (Å²) in [5.41, 5.74) is 0. The normalized spacial score (nSPS) is 21.8. The SMILES string of the molecule is CCCCS(=O)(=O)N1CCC[C@@H](C(=O)OCC)C1. The molecule has 0 bridgehead atoms. The minimum atomic E-state index is -3.20. The van der Waals surface area contributed by atoms with Crippen LogP contribution in [0.3, 0.4) is 0 Å². The van der Waals surface area contributed by atoms with E-state index < -0.39 is 10.0 Å². The number of hydrogen-bond donors (Lipinski definition) is 0. The first kappa shape index (κ1) is 15.4. The van der Waals surface area contributed by atoms with Gasteiger partial charge in [0.2, 0.25) is 10.0 Å². The van der Waals surface area contributed by atoms with Crippen LogP contribution in [-0.2, 0) is 19.6 Å². The van der Waals surface area contributed by atoms with Crippen molar-refractivity contribution >= 4 is 16.0 Å². The van der Waals surface area contributed by atoms with Crippen molar-refractivity contribution in [1.82, 2.24) is 4.31 Å². The lowest BCUT2D eigenvalue weighted by Crippen LogP contribution is -2.43. The van der Waals surface area contributed by atoms with Crippen LogP contribution < -0.4 is 0 Å². The molecule has 1 aliphatic rings. The van der Waals surface area contributed by atoms with Crippen LogP contribution in [-0.4, -0.2) is 44.1 Å². The van der Waals surface area contributed by atoms with Gasteiger partial charge in [-0.05, 0) is 26.2 Å². The molecule has 0 aromatic heterocycles. The summed E-state index contributed by atoms with van der Waals surface area (Å²) in [6.45, 7) is 4.88. The monoisotopic (exact) mass is 277 g/mol. The third kappa shape index (κ3) is 4.24. The molecule has 1 fully saturated rings. The van der Waals surface area contributed by atoms with Gasteiger partial charge in [-0.25, -0.2) is 12.7 Å². The molecule has 0 aromatic carbocycles. The Bertz CT molecular complexity index is 366. The van der Waals surface area contributed by atoms with E-state index in [1.165, 1.54) is 4.31 Å². The quantitative estimate of drug-likeness (QED) is 0.688. The van der Waals surface area contributed by atoms with Crippen LogP contribution in [0.5, 0.6) is 0 Å². The maximum absolute atomic E-state index is 12.0. The Hall–Kier alpha value is -0.620. The number of carbonyl (C=O) groups excluding carboxylic acids is 1. The highest BCUT2D eigenvalue weighted by molar-refractivity contribution is 7.89. The fourth-order valence-corrected chi connectivity index (χ4v) is 3.83. The van der Waals surface area contributed by atoms with Crippen LogP contribution in [0.2, 0.25) is 0 Å². The zero-order chi connectivity index (χ0) is 13.6. The predicted molar refractivity (Wildman–Crippen MR) is 69.6 cm³/mol. The third-order valence-corrected chi connectivity index (χ3v) is 5.08. The highest BCUT2D eigenvalue weighted by atomic mass is 32.2. The Labute approximate surface area is 110 Å². The standard InChI is InChI=1S/C12H23NO4S/c1-3-5-9-18(15,16)13-8-6-7-11(10-13)12(14)17-4-2/h11H,3-10H2,1-2H3/t11-/m1/s1. The van der Waals surface area contributed by atoms with Gasteiger partial charge in [0.15, 0.2) is 0 Å². The molecular formula is C12H23NO4S. The van der Waals surface area contributed by atoms with Gasteiger partial charge >= 0.3 is 5.97 Å². The van der Waals surface area contributed by atoms with Crippen molar-refractivity contribution in [3.05, 3.63) is 0 Å². The van der Waals surface area contributed by atoms with Crippen LogP contribution in [0.15, 0.2) is 0 Å². The molecule has 0 saturated carbocycles. The third-order valence-electron chi connectivity index (χ3n) is 3.15. The van der Waals surface area contributed by atoms with E-state index in [-0.39, 0.29) is 24.2 Å². The molecule has 0 radical (unpaired) electrons. The van der Waals surface area contributed by atoms with Gasteiger partial charge in [0.25, 0.3) is 0 Å². The Morgan fingerprint density at radius 2 is 2.11 bits per heavy atom. The van der Waals surface area contributed by atoms with Crippen molar-refractivity contribution in [3.63, 3.8) is 0 Å². The number of esters is 1. The molecule has 5 nitrogen and oxygen atoms in total. The highest BCUT2D eigenvalue weighted by Crippen LogP contribution is 2.21. The van der Waals surface area contributed by atoms with Gasteiger partial charge in [-0.3, -0.25) is 4.79 Å². The fourth-order valence-electron chi connectivity index (χ4n) is 2.10. The van der Waals surface area contributed by atoms with E-state index in [0.717, 1.165) is 19.3 Å². The van der Waals surface area contributed by atoms with E-state index in [1.54, 1.807) is 6.92 Å².